The average Bonchev–Trinajstić information content (AvgIpc) is 1.59. The Kier molecular flexibility index (Phi) is 5.12. The van der Waals surface area contributed by atoms with Gasteiger partial charge in [0.25, 0.3) is 0 Å². The van der Waals surface area contributed by atoms with Crippen molar-refractivity contribution in [3.8, 4) is 0 Å². The fraction of sp³-hybridized carbons (Fsp3) is 1.00. The molecule has 0 rings (SSSR count). The van der Waals surface area contributed by atoms with Gasteiger partial charge in [0.2, 0.25) is 0 Å². The van der Waals surface area contributed by atoms with Gasteiger partial charge in [0.15, 0.2) is 3.79 Å². The lowest BCUT2D eigenvalue weighted by Gasteiger charge is -2.05. The number of halogens is 3. The third-order valence-corrected chi connectivity index (χ3v) is 1.56. The fourth-order valence-corrected chi connectivity index (χ4v) is 0.718. The molecule has 0 spiro atoms. The molecule has 0 radical (unpaired) electrons. The summed E-state index contributed by atoms with van der Waals surface area (Å²) in [5.74, 6) is 0. The molecule has 1 unspecified atom stereocenters. The van der Waals surface area contributed by atoms with E-state index < -0.39 is 12.0 Å². The van der Waals surface area contributed by atoms with Crippen molar-refractivity contribution in [3.05, 3.63) is 0 Å². The zero-order chi connectivity index (χ0) is 8.20. The van der Waals surface area contributed by atoms with E-state index in [9.17, 15) is 4.57 Å². The van der Waals surface area contributed by atoms with Crippen LogP contribution in [0.4, 0.5) is 0 Å². The minimum absolute atomic E-state index is 0.0395. The minimum Gasteiger partial charge on any atom is -0.133 e. The maximum absolute atomic E-state index is 9.88. The lowest BCUT2D eigenvalue weighted by molar-refractivity contribution is 0.279. The van der Waals surface area contributed by atoms with Crippen LogP contribution in [0, 0.1) is 0 Å². The van der Waals surface area contributed by atoms with Crippen LogP contribution < -0.4 is 0 Å². The molecule has 0 aromatic rings. The number of rotatable bonds is 3. The molecule has 0 saturated carbocycles. The molecule has 1 N–H and O–H groups in total. The SMILES string of the molecule is O=[P+](O)OCCC(Cl)(Cl)Cl. The Balaban J connectivity index is 3.29. The maximum Gasteiger partial charge on any atom is 0.694 e. The Hall–Kier alpha value is 0.890. The average molecular weight is 226 g/mol. The molecule has 0 amide bonds. The van der Waals surface area contributed by atoms with Gasteiger partial charge in [0.1, 0.15) is 6.61 Å². The lowest BCUT2D eigenvalue weighted by atomic mass is 10.5. The van der Waals surface area contributed by atoms with Gasteiger partial charge < -0.3 is 0 Å². The van der Waals surface area contributed by atoms with Crippen molar-refractivity contribution in [2.45, 2.75) is 10.2 Å². The minimum atomic E-state index is -2.58. The van der Waals surface area contributed by atoms with E-state index in [0.29, 0.717) is 0 Å². The van der Waals surface area contributed by atoms with Crippen LogP contribution in [0.2, 0.25) is 0 Å². The van der Waals surface area contributed by atoms with Crippen molar-refractivity contribution >= 4 is 43.1 Å². The summed E-state index contributed by atoms with van der Waals surface area (Å²) in [7, 11) is -2.58. The van der Waals surface area contributed by atoms with Crippen molar-refractivity contribution < 1.29 is 14.0 Å². The van der Waals surface area contributed by atoms with E-state index in [2.05, 4.69) is 4.52 Å². The van der Waals surface area contributed by atoms with Crippen molar-refractivity contribution in [1.29, 1.82) is 0 Å². The van der Waals surface area contributed by atoms with Gasteiger partial charge in [-0.1, -0.05) is 34.8 Å². The molecule has 1 atom stereocenters. The second-order valence-corrected chi connectivity index (χ2v) is 4.69. The predicted octanol–water partition coefficient (Wildman–Crippen LogP) is 2.41. The Morgan fingerprint density at radius 1 is 1.50 bits per heavy atom. The first kappa shape index (κ1) is 10.9. The molecule has 0 bridgehead atoms. The van der Waals surface area contributed by atoms with Crippen LogP contribution in [-0.4, -0.2) is 15.3 Å². The van der Waals surface area contributed by atoms with Gasteiger partial charge in [0, 0.05) is 11.0 Å². The van der Waals surface area contributed by atoms with Crippen LogP contribution in [0.5, 0.6) is 0 Å². The Bertz CT molecular complexity index is 123. The van der Waals surface area contributed by atoms with Gasteiger partial charge >= 0.3 is 8.25 Å². The fourth-order valence-electron chi connectivity index (χ4n) is 0.239. The molecule has 60 valence electrons. The summed E-state index contributed by atoms with van der Waals surface area (Å²) >= 11 is 15.9. The summed E-state index contributed by atoms with van der Waals surface area (Å²) in [6.07, 6.45) is 0.0965. The molecule has 0 saturated heterocycles. The first-order valence-electron chi connectivity index (χ1n) is 2.27. The molecule has 0 aliphatic carbocycles. The van der Waals surface area contributed by atoms with Crippen molar-refractivity contribution in [3.63, 3.8) is 0 Å². The summed E-state index contributed by atoms with van der Waals surface area (Å²) < 4.78 is 12.7. The highest BCUT2D eigenvalue weighted by Gasteiger charge is 2.22. The molecule has 0 aromatic carbocycles. The summed E-state index contributed by atoms with van der Waals surface area (Å²) in [5.41, 5.74) is 0. The zero-order valence-corrected chi connectivity index (χ0v) is 7.92. The quantitative estimate of drug-likeness (QED) is 0.594. The maximum atomic E-state index is 9.88. The largest absolute Gasteiger partial charge is 0.694 e. The summed E-state index contributed by atoms with van der Waals surface area (Å²) in [6, 6.07) is 0. The topological polar surface area (TPSA) is 46.5 Å². The van der Waals surface area contributed by atoms with E-state index in [-0.39, 0.29) is 13.0 Å². The van der Waals surface area contributed by atoms with E-state index in [4.69, 9.17) is 39.7 Å². The van der Waals surface area contributed by atoms with Crippen LogP contribution >= 0.6 is 43.1 Å². The van der Waals surface area contributed by atoms with E-state index in [0.717, 1.165) is 0 Å². The molecule has 0 heterocycles. The number of hydrogen-bond donors (Lipinski definition) is 1. The van der Waals surface area contributed by atoms with Crippen LogP contribution in [-0.2, 0) is 9.09 Å². The zero-order valence-electron chi connectivity index (χ0n) is 4.76. The molecular weight excluding hydrogens is 221 g/mol. The van der Waals surface area contributed by atoms with E-state index in [1.165, 1.54) is 0 Å². The summed E-state index contributed by atoms with van der Waals surface area (Å²) in [6.45, 7) is -0.0395. The van der Waals surface area contributed by atoms with Gasteiger partial charge in [-0.2, -0.15) is 0 Å². The predicted molar refractivity (Wildman–Crippen MR) is 40.7 cm³/mol. The Morgan fingerprint density at radius 2 is 2.00 bits per heavy atom. The third kappa shape index (κ3) is 8.89. The van der Waals surface area contributed by atoms with E-state index in [1.807, 2.05) is 0 Å². The van der Waals surface area contributed by atoms with E-state index >= 15 is 0 Å². The second kappa shape index (κ2) is 4.70. The monoisotopic (exact) mass is 225 g/mol. The molecule has 0 aliphatic rings. The molecule has 7 heteroatoms. The highest BCUT2D eigenvalue weighted by atomic mass is 35.6. The van der Waals surface area contributed by atoms with E-state index in [1.54, 1.807) is 0 Å². The van der Waals surface area contributed by atoms with Gasteiger partial charge in [-0.3, -0.25) is 0 Å². The first-order chi connectivity index (χ1) is 4.42. The van der Waals surface area contributed by atoms with Gasteiger partial charge in [-0.15, -0.1) is 9.42 Å². The molecule has 0 aromatic heterocycles. The Labute approximate surface area is 74.2 Å². The molecular formula is C3H5Cl3O3P+. The number of alkyl halides is 3. The molecule has 0 fully saturated rings. The molecule has 3 nitrogen and oxygen atoms in total. The molecule has 0 aliphatic heterocycles. The van der Waals surface area contributed by atoms with Crippen LogP contribution in [0.1, 0.15) is 6.42 Å². The first-order valence-corrected chi connectivity index (χ1v) is 4.54. The van der Waals surface area contributed by atoms with Gasteiger partial charge in [0.05, 0.1) is 0 Å². The van der Waals surface area contributed by atoms with Gasteiger partial charge in [-0.05, 0) is 0 Å². The standard InChI is InChI=1S/C3H4Cl3O3P/c4-3(5,6)1-2-9-10(7)8/h1-2H2/p+1. The van der Waals surface area contributed by atoms with Crippen molar-refractivity contribution in [1.82, 2.24) is 0 Å². The number of hydrogen-bond acceptors (Lipinski definition) is 2. The highest BCUT2D eigenvalue weighted by molar-refractivity contribution is 7.32. The highest BCUT2D eigenvalue weighted by Crippen LogP contribution is 2.31. The normalized spacial score (nSPS) is 13.4. The van der Waals surface area contributed by atoms with Crippen molar-refractivity contribution in [2.75, 3.05) is 6.61 Å². The third-order valence-electron chi connectivity index (χ3n) is 0.587. The summed E-state index contributed by atoms with van der Waals surface area (Å²) in [5, 5.41) is 0. The van der Waals surface area contributed by atoms with Crippen LogP contribution in [0.3, 0.4) is 0 Å². The lowest BCUT2D eigenvalue weighted by Crippen LogP contribution is -2.05. The van der Waals surface area contributed by atoms with Gasteiger partial charge in [-0.25, -0.2) is 0 Å². The van der Waals surface area contributed by atoms with Crippen LogP contribution in [0.15, 0.2) is 0 Å². The molecule has 10 heavy (non-hydrogen) atoms. The van der Waals surface area contributed by atoms with Crippen molar-refractivity contribution in [2.24, 2.45) is 0 Å². The second-order valence-electron chi connectivity index (χ2n) is 1.44. The summed E-state index contributed by atoms with van der Waals surface area (Å²) in [4.78, 5) is 8.11. The van der Waals surface area contributed by atoms with Crippen LogP contribution in [0.25, 0.3) is 0 Å². The smallest absolute Gasteiger partial charge is 0.133 e. The Morgan fingerprint density at radius 3 is 2.30 bits per heavy atom.